The molecule has 9 heteroatoms. The van der Waals surface area contributed by atoms with E-state index >= 15 is 0 Å². The van der Waals surface area contributed by atoms with Crippen LogP contribution in [0.25, 0.3) is 0 Å². The molecule has 0 heterocycles. The van der Waals surface area contributed by atoms with Crippen LogP contribution >= 0.6 is 0 Å². The van der Waals surface area contributed by atoms with Crippen molar-refractivity contribution in [3.63, 3.8) is 0 Å². The molecule has 31 heavy (non-hydrogen) atoms. The molecule has 0 spiro atoms. The fourth-order valence-corrected chi connectivity index (χ4v) is 3.04. The van der Waals surface area contributed by atoms with Crippen LogP contribution in [0.5, 0.6) is 0 Å². The summed E-state index contributed by atoms with van der Waals surface area (Å²) in [6.07, 6.45) is -0.145. The number of hydrogen-bond acceptors (Lipinski definition) is 7. The number of carbonyl (C=O) groups is 3. The van der Waals surface area contributed by atoms with E-state index < -0.39 is 36.1 Å². The van der Waals surface area contributed by atoms with Gasteiger partial charge in [-0.15, -0.1) is 0 Å². The van der Waals surface area contributed by atoms with Gasteiger partial charge in [-0.05, 0) is 24.8 Å². The Bertz CT molecular complexity index is 698. The van der Waals surface area contributed by atoms with Crippen LogP contribution in [0.4, 0.5) is 0 Å². The molecule has 0 aliphatic heterocycles. The number of hydrogen-bond donors (Lipinski definition) is 4. The van der Waals surface area contributed by atoms with Crippen molar-refractivity contribution in [1.29, 1.82) is 0 Å². The minimum absolute atomic E-state index is 0.0238. The molecule has 2 unspecified atom stereocenters. The number of methoxy groups -OCH3 is 1. The summed E-state index contributed by atoms with van der Waals surface area (Å²) in [5, 5.41) is 8.29. The molecule has 0 radical (unpaired) electrons. The maximum atomic E-state index is 13.0. The van der Waals surface area contributed by atoms with Crippen molar-refractivity contribution in [3.05, 3.63) is 35.9 Å². The van der Waals surface area contributed by atoms with Crippen LogP contribution in [-0.2, 0) is 30.5 Å². The molecule has 0 aliphatic carbocycles. The Balaban J connectivity index is 2.91. The fraction of sp³-hybridized carbons (Fsp3) is 0.591. The van der Waals surface area contributed by atoms with Gasteiger partial charge in [-0.3, -0.25) is 19.7 Å². The van der Waals surface area contributed by atoms with Gasteiger partial charge < -0.3 is 25.8 Å². The van der Waals surface area contributed by atoms with Crippen LogP contribution in [0.15, 0.2) is 30.3 Å². The van der Waals surface area contributed by atoms with Gasteiger partial charge in [0.1, 0.15) is 12.1 Å². The number of nitrogens with two attached hydrogens (primary N) is 1. The first-order valence-corrected chi connectivity index (χ1v) is 10.4. The molecule has 5 N–H and O–H groups in total. The summed E-state index contributed by atoms with van der Waals surface area (Å²) < 4.78 is 10.6. The number of amides is 2. The number of ether oxygens (including phenoxy) is 2. The molecule has 0 saturated heterocycles. The van der Waals surface area contributed by atoms with Gasteiger partial charge in [0.2, 0.25) is 11.8 Å². The molecule has 2 amide bonds. The van der Waals surface area contributed by atoms with Gasteiger partial charge >= 0.3 is 5.97 Å². The zero-order valence-electron chi connectivity index (χ0n) is 19.0. The molecule has 0 aromatic heterocycles. The summed E-state index contributed by atoms with van der Waals surface area (Å²) in [5.74, 6) is -1.18. The summed E-state index contributed by atoms with van der Waals surface area (Å²) >= 11 is 0. The van der Waals surface area contributed by atoms with Gasteiger partial charge in [0, 0.05) is 13.6 Å². The van der Waals surface area contributed by atoms with Crippen LogP contribution in [0.2, 0.25) is 0 Å². The van der Waals surface area contributed by atoms with Gasteiger partial charge in [-0.25, -0.2) is 0 Å². The summed E-state index contributed by atoms with van der Waals surface area (Å²) in [6.45, 7) is 5.92. The Morgan fingerprint density at radius 1 is 1.03 bits per heavy atom. The summed E-state index contributed by atoms with van der Waals surface area (Å²) in [6, 6.07) is 7.08. The number of likely N-dealkylation sites (N-methyl/N-ethyl adjacent to an activating group) is 1. The molecular formula is C22H36N4O5. The van der Waals surface area contributed by atoms with Gasteiger partial charge in [0.05, 0.1) is 25.9 Å². The topological polar surface area (TPSA) is 132 Å². The highest BCUT2D eigenvalue weighted by molar-refractivity contribution is 5.90. The molecule has 1 rings (SSSR count). The molecule has 9 nitrogen and oxygen atoms in total. The van der Waals surface area contributed by atoms with Crippen molar-refractivity contribution in [2.45, 2.75) is 58.0 Å². The van der Waals surface area contributed by atoms with Crippen LogP contribution in [0.3, 0.4) is 0 Å². The third-order valence-electron chi connectivity index (χ3n) is 4.80. The zero-order chi connectivity index (χ0) is 23.4. The lowest BCUT2D eigenvalue weighted by Crippen LogP contribution is -2.59. The Kier molecular flexibility index (Phi) is 11.8. The predicted octanol–water partition coefficient (Wildman–Crippen LogP) is 0.327. The summed E-state index contributed by atoms with van der Waals surface area (Å²) in [5.41, 5.74) is 6.62. The number of nitrogens with one attached hydrogen (secondary N) is 3. The Labute approximate surface area is 184 Å². The first kappa shape index (κ1) is 26.5. The molecule has 0 bridgehead atoms. The second-order valence-electron chi connectivity index (χ2n) is 7.76. The van der Waals surface area contributed by atoms with Gasteiger partial charge in [0.25, 0.3) is 0 Å². The van der Waals surface area contributed by atoms with E-state index in [0.29, 0.717) is 13.0 Å². The second kappa shape index (κ2) is 13.7. The first-order valence-electron chi connectivity index (χ1n) is 10.4. The number of rotatable bonds is 13. The lowest BCUT2D eigenvalue weighted by atomic mass is 10.0. The summed E-state index contributed by atoms with van der Waals surface area (Å²) in [4.78, 5) is 37.4. The predicted molar refractivity (Wildman–Crippen MR) is 118 cm³/mol. The quantitative estimate of drug-likeness (QED) is 0.328. The van der Waals surface area contributed by atoms with E-state index in [0.717, 1.165) is 5.56 Å². The monoisotopic (exact) mass is 436 g/mol. The van der Waals surface area contributed by atoms with Gasteiger partial charge in [0.15, 0.2) is 0 Å². The van der Waals surface area contributed by atoms with E-state index in [1.54, 1.807) is 6.92 Å². The lowest BCUT2D eigenvalue weighted by Gasteiger charge is -2.28. The average Bonchev–Trinajstić information content (AvgIpc) is 2.77. The first-order chi connectivity index (χ1) is 14.7. The Morgan fingerprint density at radius 3 is 2.19 bits per heavy atom. The molecular weight excluding hydrogens is 400 g/mol. The van der Waals surface area contributed by atoms with Crippen LogP contribution < -0.4 is 21.7 Å². The van der Waals surface area contributed by atoms with Crippen molar-refractivity contribution in [2.24, 2.45) is 11.7 Å². The SMILES string of the molecule is CNC(=O)[C@@H](NC(=O)[C@H](CC(C)C)NC(CN)C(=O)OC)C(C)OCc1ccccc1. The number of benzene rings is 1. The average molecular weight is 437 g/mol. The zero-order valence-corrected chi connectivity index (χ0v) is 19.0. The number of carbonyl (C=O) groups excluding carboxylic acids is 3. The minimum atomic E-state index is -0.910. The molecule has 0 aliphatic rings. The minimum Gasteiger partial charge on any atom is -0.468 e. The van der Waals surface area contributed by atoms with Gasteiger partial charge in [-0.1, -0.05) is 44.2 Å². The van der Waals surface area contributed by atoms with E-state index in [2.05, 4.69) is 16.0 Å². The third-order valence-corrected chi connectivity index (χ3v) is 4.80. The second-order valence-corrected chi connectivity index (χ2v) is 7.76. The fourth-order valence-electron chi connectivity index (χ4n) is 3.04. The molecule has 1 aromatic rings. The van der Waals surface area contributed by atoms with E-state index in [4.69, 9.17) is 15.2 Å². The highest BCUT2D eigenvalue weighted by Gasteiger charge is 2.32. The molecule has 4 atom stereocenters. The van der Waals surface area contributed by atoms with E-state index in [1.165, 1.54) is 14.2 Å². The molecule has 1 aromatic carbocycles. The lowest BCUT2D eigenvalue weighted by molar-refractivity contribution is -0.143. The summed E-state index contributed by atoms with van der Waals surface area (Å²) in [7, 11) is 2.76. The number of esters is 1. The van der Waals surface area contributed by atoms with Crippen molar-refractivity contribution in [2.75, 3.05) is 20.7 Å². The molecule has 0 saturated carbocycles. The smallest absolute Gasteiger partial charge is 0.324 e. The normalized spacial score (nSPS) is 14.9. The van der Waals surface area contributed by atoms with Crippen molar-refractivity contribution < 1.29 is 23.9 Å². The van der Waals surface area contributed by atoms with Crippen molar-refractivity contribution in [1.82, 2.24) is 16.0 Å². The maximum absolute atomic E-state index is 13.0. The largest absolute Gasteiger partial charge is 0.468 e. The highest BCUT2D eigenvalue weighted by atomic mass is 16.5. The van der Waals surface area contributed by atoms with Crippen LogP contribution in [-0.4, -0.2) is 62.7 Å². The van der Waals surface area contributed by atoms with Crippen molar-refractivity contribution >= 4 is 17.8 Å². The van der Waals surface area contributed by atoms with E-state index in [1.807, 2.05) is 44.2 Å². The maximum Gasteiger partial charge on any atom is 0.324 e. The van der Waals surface area contributed by atoms with E-state index in [-0.39, 0.29) is 18.4 Å². The van der Waals surface area contributed by atoms with Crippen molar-refractivity contribution in [3.8, 4) is 0 Å². The standard InChI is InChI=1S/C22H36N4O5/c1-14(2)11-17(25-18(12-23)22(29)30-5)20(27)26-19(21(28)24-4)15(3)31-13-16-9-7-6-8-10-16/h6-10,14-15,17-19,25H,11-13,23H2,1-5H3,(H,24,28)(H,26,27)/t15?,17-,18?,19-/m0/s1. The Hall–Kier alpha value is -2.49. The van der Waals surface area contributed by atoms with Gasteiger partial charge in [-0.2, -0.15) is 0 Å². The van der Waals surface area contributed by atoms with Crippen LogP contribution in [0.1, 0.15) is 32.8 Å². The Morgan fingerprint density at radius 2 is 1.68 bits per heavy atom. The molecule has 0 fully saturated rings. The highest BCUT2D eigenvalue weighted by Crippen LogP contribution is 2.10. The van der Waals surface area contributed by atoms with Crippen LogP contribution in [0, 0.1) is 5.92 Å². The van der Waals surface area contributed by atoms with E-state index in [9.17, 15) is 14.4 Å². The third kappa shape index (κ3) is 9.04. The molecule has 174 valence electrons.